The number of fused-ring (bicyclic) bond motifs is 4. The first-order chi connectivity index (χ1) is 20.9. The van der Waals surface area contributed by atoms with Gasteiger partial charge in [0, 0.05) is 72.8 Å². The van der Waals surface area contributed by atoms with E-state index in [0.29, 0.717) is 41.8 Å². The molecule has 1 amide bonds. The lowest BCUT2D eigenvalue weighted by molar-refractivity contribution is -0.123. The molecule has 2 aliphatic rings. The van der Waals surface area contributed by atoms with Crippen LogP contribution < -0.4 is 24.6 Å². The van der Waals surface area contributed by atoms with Crippen LogP contribution >= 0.6 is 0 Å². The Kier molecular flexibility index (Phi) is 7.45. The topological polar surface area (TPSA) is 117 Å². The third-order valence-corrected chi connectivity index (χ3v) is 8.75. The molecule has 0 saturated carbocycles. The van der Waals surface area contributed by atoms with Crippen LogP contribution in [0.5, 0.6) is 5.88 Å². The van der Waals surface area contributed by atoms with E-state index >= 15 is 4.39 Å². The number of aromatic nitrogens is 2. The molecule has 1 spiro atoms. The lowest BCUT2D eigenvalue weighted by atomic mass is 9.73. The van der Waals surface area contributed by atoms with Gasteiger partial charge in [-0.15, -0.1) is 0 Å². The summed E-state index contributed by atoms with van der Waals surface area (Å²) in [6.45, 7) is 7.81. The standard InChI is InChI=1S/C32H35FN6O4S/c1-19(2)34-10-11-43-30-27(37-44(5,41)42)12-21(15-36-30)23-13-24-26(14-25(23)33)35-16-28-29(24)32(31(40)38(28)4)17-39(18-32)22-8-6-20(3)7-9-22/h6-9,12-16,19,34,37H,10-11,17-18H2,1-5H3. The van der Waals surface area contributed by atoms with Crippen molar-refractivity contribution in [2.75, 3.05) is 54.1 Å². The Morgan fingerprint density at radius 3 is 2.50 bits per heavy atom. The molecule has 0 unspecified atom stereocenters. The van der Waals surface area contributed by atoms with Crippen molar-refractivity contribution in [3.63, 3.8) is 0 Å². The molecule has 4 heterocycles. The average molecular weight is 619 g/mol. The highest BCUT2D eigenvalue weighted by molar-refractivity contribution is 7.92. The molecule has 0 bridgehead atoms. The number of rotatable bonds is 9. The van der Waals surface area contributed by atoms with E-state index in [1.807, 2.05) is 45.0 Å². The number of halogens is 1. The zero-order valence-corrected chi connectivity index (χ0v) is 26.1. The highest BCUT2D eigenvalue weighted by Gasteiger charge is 2.58. The van der Waals surface area contributed by atoms with Crippen molar-refractivity contribution in [2.24, 2.45) is 0 Å². The number of carbonyl (C=O) groups excluding carboxylic acids is 1. The number of aryl methyl sites for hydroxylation is 1. The number of amides is 1. The molecule has 4 aromatic rings. The Balaban J connectivity index is 1.40. The predicted octanol–water partition coefficient (Wildman–Crippen LogP) is 4.23. The summed E-state index contributed by atoms with van der Waals surface area (Å²) in [7, 11) is -1.95. The van der Waals surface area contributed by atoms with Crippen LogP contribution in [0.15, 0.2) is 54.9 Å². The zero-order chi connectivity index (χ0) is 31.4. The van der Waals surface area contributed by atoms with E-state index in [9.17, 15) is 13.2 Å². The van der Waals surface area contributed by atoms with Gasteiger partial charge in [-0.2, -0.15) is 0 Å². The molecule has 0 radical (unpaired) electrons. The van der Waals surface area contributed by atoms with E-state index in [0.717, 1.165) is 23.1 Å². The molecule has 0 aliphatic carbocycles. The second-order valence-electron chi connectivity index (χ2n) is 11.9. The fourth-order valence-electron chi connectivity index (χ4n) is 6.04. The molecule has 2 N–H and O–H groups in total. The number of anilines is 3. The lowest BCUT2D eigenvalue weighted by Gasteiger charge is -2.48. The number of hydrogen-bond donors (Lipinski definition) is 2. The maximum Gasteiger partial charge on any atom is 0.241 e. The van der Waals surface area contributed by atoms with Crippen LogP contribution in [0, 0.1) is 12.7 Å². The quantitative estimate of drug-likeness (QED) is 0.268. The number of nitrogens with zero attached hydrogens (tertiary/aromatic N) is 4. The van der Waals surface area contributed by atoms with E-state index in [1.54, 1.807) is 24.2 Å². The van der Waals surface area contributed by atoms with Crippen LogP contribution in [0.3, 0.4) is 0 Å². The number of pyridine rings is 2. The Morgan fingerprint density at radius 1 is 1.09 bits per heavy atom. The first-order valence-corrected chi connectivity index (χ1v) is 16.3. The lowest BCUT2D eigenvalue weighted by Crippen LogP contribution is -2.64. The van der Waals surface area contributed by atoms with Crippen LogP contribution in [0.1, 0.15) is 25.0 Å². The summed E-state index contributed by atoms with van der Waals surface area (Å²) in [4.78, 5) is 26.4. The second kappa shape index (κ2) is 11.0. The van der Waals surface area contributed by atoms with E-state index in [2.05, 4.69) is 24.9 Å². The fraction of sp³-hybridized carbons (Fsp3) is 0.344. The number of carbonyl (C=O) groups is 1. The third-order valence-electron chi connectivity index (χ3n) is 8.16. The van der Waals surface area contributed by atoms with Gasteiger partial charge in [-0.05, 0) is 31.2 Å². The van der Waals surface area contributed by atoms with Gasteiger partial charge in [-0.25, -0.2) is 17.8 Å². The van der Waals surface area contributed by atoms with Crippen LogP contribution in [-0.2, 0) is 20.2 Å². The monoisotopic (exact) mass is 618 g/mol. The van der Waals surface area contributed by atoms with Crippen LogP contribution in [0.2, 0.25) is 0 Å². The number of likely N-dealkylation sites (N-methyl/N-ethyl adjacent to an activating group) is 1. The maximum absolute atomic E-state index is 15.7. The predicted molar refractivity (Wildman–Crippen MR) is 171 cm³/mol. The summed E-state index contributed by atoms with van der Waals surface area (Å²) in [5.41, 5.74) is 4.00. The molecule has 2 aliphatic heterocycles. The molecule has 230 valence electrons. The summed E-state index contributed by atoms with van der Waals surface area (Å²) in [6, 6.07) is 13.0. The molecule has 1 saturated heterocycles. The largest absolute Gasteiger partial charge is 0.475 e. The van der Waals surface area contributed by atoms with Gasteiger partial charge in [0.25, 0.3) is 0 Å². The first-order valence-electron chi connectivity index (χ1n) is 14.4. The van der Waals surface area contributed by atoms with Gasteiger partial charge in [0.1, 0.15) is 23.5 Å². The summed E-state index contributed by atoms with van der Waals surface area (Å²) in [5, 5.41) is 3.89. The summed E-state index contributed by atoms with van der Waals surface area (Å²) >= 11 is 0. The summed E-state index contributed by atoms with van der Waals surface area (Å²) in [6.07, 6.45) is 4.11. The average Bonchev–Trinajstić information content (AvgIpc) is 3.17. The molecule has 2 aromatic carbocycles. The van der Waals surface area contributed by atoms with Gasteiger partial charge in [0.2, 0.25) is 21.8 Å². The van der Waals surface area contributed by atoms with Gasteiger partial charge in [-0.1, -0.05) is 31.5 Å². The van der Waals surface area contributed by atoms with Gasteiger partial charge in [-0.3, -0.25) is 14.5 Å². The highest BCUT2D eigenvalue weighted by Crippen LogP contribution is 2.51. The van der Waals surface area contributed by atoms with Crippen molar-refractivity contribution < 1.29 is 22.3 Å². The maximum atomic E-state index is 15.7. The Labute approximate surface area is 256 Å². The van der Waals surface area contributed by atoms with Crippen molar-refractivity contribution in [1.29, 1.82) is 0 Å². The fourth-order valence-corrected chi connectivity index (χ4v) is 6.58. The van der Waals surface area contributed by atoms with Crippen molar-refractivity contribution in [3.05, 3.63) is 71.8 Å². The number of hydrogen-bond acceptors (Lipinski definition) is 8. The summed E-state index contributed by atoms with van der Waals surface area (Å²) in [5.74, 6) is -0.482. The zero-order valence-electron chi connectivity index (χ0n) is 25.3. The van der Waals surface area contributed by atoms with E-state index in [-0.39, 0.29) is 35.7 Å². The number of sulfonamides is 1. The molecule has 6 rings (SSSR count). The van der Waals surface area contributed by atoms with Crippen LogP contribution in [0.4, 0.5) is 21.5 Å². The minimum absolute atomic E-state index is 0.0224. The molecular weight excluding hydrogens is 583 g/mol. The SMILES string of the molecule is Cc1ccc(N2CC3(C2)C(=O)N(C)c2cnc4cc(F)c(-c5cnc(OCCNC(C)C)c(NS(C)(=O)=O)c5)cc4c23)cc1. The molecule has 12 heteroatoms. The third kappa shape index (κ3) is 5.32. The number of nitrogens with one attached hydrogen (secondary N) is 2. The Bertz CT molecular complexity index is 1870. The highest BCUT2D eigenvalue weighted by atomic mass is 32.2. The first kappa shape index (κ1) is 29.8. The minimum atomic E-state index is -3.69. The smallest absolute Gasteiger partial charge is 0.241 e. The van der Waals surface area contributed by atoms with Crippen LogP contribution in [0.25, 0.3) is 22.0 Å². The van der Waals surface area contributed by atoms with Gasteiger partial charge < -0.3 is 19.9 Å². The van der Waals surface area contributed by atoms with Crippen molar-refractivity contribution in [3.8, 4) is 17.0 Å². The number of benzene rings is 2. The molecule has 10 nitrogen and oxygen atoms in total. The minimum Gasteiger partial charge on any atom is -0.475 e. The normalized spacial score (nSPS) is 15.7. The molecule has 44 heavy (non-hydrogen) atoms. The van der Waals surface area contributed by atoms with Crippen molar-refractivity contribution >= 4 is 43.9 Å². The molecule has 1 fully saturated rings. The van der Waals surface area contributed by atoms with Gasteiger partial charge in [0.05, 0.1) is 23.7 Å². The summed E-state index contributed by atoms with van der Waals surface area (Å²) < 4.78 is 48.2. The molecule has 0 atom stereocenters. The van der Waals surface area contributed by atoms with E-state index in [1.165, 1.54) is 18.3 Å². The Hall–Kier alpha value is -4.29. The number of ether oxygens (including phenoxy) is 1. The van der Waals surface area contributed by atoms with Gasteiger partial charge in [0.15, 0.2) is 0 Å². The van der Waals surface area contributed by atoms with Gasteiger partial charge >= 0.3 is 0 Å². The van der Waals surface area contributed by atoms with E-state index in [4.69, 9.17) is 4.74 Å². The van der Waals surface area contributed by atoms with Crippen LogP contribution in [-0.4, -0.2) is 69.9 Å². The van der Waals surface area contributed by atoms with Crippen molar-refractivity contribution in [2.45, 2.75) is 32.2 Å². The Morgan fingerprint density at radius 2 is 1.82 bits per heavy atom. The van der Waals surface area contributed by atoms with E-state index < -0.39 is 21.3 Å². The second-order valence-corrected chi connectivity index (χ2v) is 13.7. The molecular formula is C32H35FN6O4S. The molecule has 2 aromatic heterocycles. The van der Waals surface area contributed by atoms with Crippen molar-refractivity contribution in [1.82, 2.24) is 15.3 Å².